The summed E-state index contributed by atoms with van der Waals surface area (Å²) in [5.74, 6) is 1.75. The molecule has 0 spiro atoms. The summed E-state index contributed by atoms with van der Waals surface area (Å²) in [6.07, 6.45) is -0.400. The maximum absolute atomic E-state index is 14.5. The molecule has 0 saturated carbocycles. The van der Waals surface area contributed by atoms with E-state index in [2.05, 4.69) is 73.3 Å². The van der Waals surface area contributed by atoms with Gasteiger partial charge in [-0.1, -0.05) is 34.0 Å². The van der Waals surface area contributed by atoms with Gasteiger partial charge >= 0.3 is 0 Å². The third-order valence-electron chi connectivity index (χ3n) is 16.0. The number of amides is 1. The maximum atomic E-state index is 14.5. The Balaban J connectivity index is 0.000000166. The van der Waals surface area contributed by atoms with Crippen LogP contribution in [0.4, 0.5) is 57.9 Å². The first-order chi connectivity index (χ1) is 55.3. The number of nitrogens with zero attached hydrogens (tertiary/aromatic N) is 10. The first-order valence-corrected chi connectivity index (χ1v) is 48.7. The molecular weight excluding hydrogens is 1750 g/mol. The summed E-state index contributed by atoms with van der Waals surface area (Å²) in [6, 6.07) is 17.6. The van der Waals surface area contributed by atoms with Crippen LogP contribution >= 0.6 is 90.7 Å². The number of nitrogens with one attached hydrogen (secondary N) is 5. The molecule has 0 aliphatic carbocycles. The van der Waals surface area contributed by atoms with Crippen molar-refractivity contribution < 1.29 is 61.8 Å². The number of anilines is 10. The number of benzene rings is 4. The highest BCUT2D eigenvalue weighted by atomic mass is 32.2. The van der Waals surface area contributed by atoms with E-state index in [4.69, 9.17) is 49.5 Å². The monoisotopic (exact) mass is 1840 g/mol. The second kappa shape index (κ2) is 38.7. The molecule has 13 rings (SSSR count). The Bertz CT molecular complexity index is 6070. The van der Waals surface area contributed by atoms with Gasteiger partial charge in [0.05, 0.1) is 136 Å². The molecule has 632 valence electrons. The smallest absolute Gasteiger partial charge is 0.238 e. The van der Waals surface area contributed by atoms with Gasteiger partial charge in [-0.05, 0) is 177 Å². The van der Waals surface area contributed by atoms with E-state index in [-0.39, 0.29) is 60.7 Å². The van der Waals surface area contributed by atoms with Gasteiger partial charge in [-0.3, -0.25) is 4.79 Å². The molecule has 8 aromatic heterocycles. The van der Waals surface area contributed by atoms with Crippen molar-refractivity contribution in [3.63, 3.8) is 0 Å². The number of primary sulfonamides is 4. The SMILES string of the molecule is CC(=O)Nc1nc(C)c(-c2csc(Nc3cc(S(N)(=O)=O)ccc3OC(C)C)n2)s1.Cc1nc(C)c(-c2csc(Nc3cc(S(N)(=O)=O)ccc3OC(C)C)n2)s1.Cc1nc(C)c(-c2nc(Nc3cc(S(N)(=O)=O)ccc3OC(C)C)sc2F)s1.Cc1nc(N2CCN(C)CC2)sc1-c1csc(Nc2cc(S(N)(=O)=O)ccc2OC(C)C)n1. The molecule has 1 fully saturated rings. The van der Waals surface area contributed by atoms with E-state index in [0.717, 1.165) is 95.8 Å². The molecule has 0 bridgehead atoms. The first kappa shape index (κ1) is 91.4. The molecule has 1 amide bonds. The molecule has 1 aliphatic heterocycles. The number of ether oxygens (including phenoxy) is 4. The summed E-state index contributed by atoms with van der Waals surface area (Å²) in [6.45, 7) is 31.8. The molecule has 1 aliphatic rings. The fourth-order valence-electron chi connectivity index (χ4n) is 10.9. The zero-order chi connectivity index (χ0) is 86.2. The van der Waals surface area contributed by atoms with Crippen LogP contribution in [0.5, 0.6) is 23.0 Å². The lowest BCUT2D eigenvalue weighted by atomic mass is 10.3. The zero-order valence-corrected chi connectivity index (χ0v) is 76.5. The van der Waals surface area contributed by atoms with Crippen molar-refractivity contribution in [2.45, 2.75) is 148 Å². The Kier molecular flexibility index (Phi) is 30.0. The van der Waals surface area contributed by atoms with E-state index in [0.29, 0.717) is 82.5 Å². The van der Waals surface area contributed by atoms with Crippen LogP contribution in [0, 0.1) is 46.7 Å². The van der Waals surface area contributed by atoms with Crippen LogP contribution in [0.1, 0.15) is 95.1 Å². The van der Waals surface area contributed by atoms with E-state index in [1.807, 2.05) is 106 Å². The zero-order valence-electron chi connectivity index (χ0n) is 66.7. The Morgan fingerprint density at radius 1 is 0.415 bits per heavy atom. The van der Waals surface area contributed by atoms with E-state index < -0.39 is 45.2 Å². The largest absolute Gasteiger partial charge is 0.489 e. The second-order valence-electron chi connectivity index (χ2n) is 27.3. The highest BCUT2D eigenvalue weighted by Crippen LogP contribution is 2.44. The van der Waals surface area contributed by atoms with Gasteiger partial charge in [0.15, 0.2) is 30.8 Å². The number of hydrogen-bond donors (Lipinski definition) is 9. The number of aromatic nitrogens is 8. The van der Waals surface area contributed by atoms with Gasteiger partial charge in [-0.25, -0.2) is 94.1 Å². The number of likely N-dealkylation sites (N-methyl/N-ethyl adjacent to an activating group) is 1. The normalized spacial score (nSPS) is 12.7. The van der Waals surface area contributed by atoms with Crippen molar-refractivity contribution in [1.82, 2.24) is 44.8 Å². The Hall–Kier alpha value is -8.88. The molecule has 45 heteroatoms. The average Bonchev–Trinajstić information content (AvgIpc) is 1.56. The Morgan fingerprint density at radius 3 is 1.07 bits per heavy atom. The number of sulfonamides is 4. The van der Waals surface area contributed by atoms with E-state index in [9.17, 15) is 42.9 Å². The van der Waals surface area contributed by atoms with Crippen LogP contribution in [0.15, 0.2) is 109 Å². The standard InChI is InChI=1S/C21H28N6O3S3.C18H21N5O4S3.C17H19FN4O3S3.C17H20N4O3S3/c1-13(2)30-18-6-5-15(33(22,28)29)11-16(18)24-20-25-17(12-31-20)19-14(3)23-21(32-19)27-9-7-26(4)8-10-27;1-9(2)27-15-6-5-12(30(19,25)26)7-13(15)22-17-23-14(8-28-17)16-10(3)20-18(29-16)21-11(4)24;1-8(2)25-13-6-5-11(28(19,23)24)7-12(13)21-17-22-14(16(18)27-17)15-9(3)20-10(4)26-15;1-9(2)24-15-6-5-12(27(18,22)23)7-13(15)20-17-21-14(8-25-17)16-10(3)19-11(4)26-16/h5-6,11-13H,7-10H2,1-4H3,(H,24,25)(H2,22,28,29);5-9H,1-4H3,(H,22,23)(H2,19,25,26)(H,20,21,24);5-8H,1-4H3,(H,21,22)(H2,19,23,24);5-9H,1-4H3,(H,20,21)(H2,18,22,23). The Labute approximate surface area is 716 Å². The lowest BCUT2D eigenvalue weighted by molar-refractivity contribution is -0.114. The van der Waals surface area contributed by atoms with Gasteiger partial charge in [-0.2, -0.15) is 4.39 Å². The molecular formula is C73H88FN19O13S12. The minimum absolute atomic E-state index is 0.00631. The van der Waals surface area contributed by atoms with Gasteiger partial charge in [-0.15, -0.1) is 56.7 Å². The number of piperazine rings is 1. The summed E-state index contributed by atoms with van der Waals surface area (Å²) < 4.78 is 131. The molecule has 9 heterocycles. The Morgan fingerprint density at radius 2 is 0.737 bits per heavy atom. The molecule has 0 unspecified atom stereocenters. The summed E-state index contributed by atoms with van der Waals surface area (Å²) in [7, 11) is -13.3. The predicted octanol–water partition coefficient (Wildman–Crippen LogP) is 15.5. The van der Waals surface area contributed by atoms with Crippen molar-refractivity contribution in [2.75, 3.05) is 64.7 Å². The second-order valence-corrected chi connectivity index (χ2v) is 41.5. The highest BCUT2D eigenvalue weighted by Gasteiger charge is 2.26. The maximum Gasteiger partial charge on any atom is 0.238 e. The minimum Gasteiger partial charge on any atom is -0.489 e. The van der Waals surface area contributed by atoms with Crippen LogP contribution in [-0.4, -0.2) is 142 Å². The lowest BCUT2D eigenvalue weighted by Gasteiger charge is -2.32. The number of hydrogen-bond acceptors (Lipinski definition) is 35. The average molecular weight is 1840 g/mol. The van der Waals surface area contributed by atoms with Crippen molar-refractivity contribution in [3.8, 4) is 65.3 Å². The molecule has 13 N–H and O–H groups in total. The first-order valence-electron chi connectivity index (χ1n) is 35.8. The van der Waals surface area contributed by atoms with E-state index in [1.165, 1.54) is 118 Å². The van der Waals surface area contributed by atoms with Crippen molar-refractivity contribution in [1.29, 1.82) is 0 Å². The van der Waals surface area contributed by atoms with Crippen LogP contribution in [0.2, 0.25) is 0 Å². The number of rotatable bonds is 26. The number of halogens is 1. The fourth-order valence-corrected chi connectivity index (χ4v) is 20.1. The van der Waals surface area contributed by atoms with E-state index >= 15 is 0 Å². The number of aryl methyl sites for hydroxylation is 6. The van der Waals surface area contributed by atoms with Crippen molar-refractivity contribution in [2.24, 2.45) is 20.6 Å². The predicted molar refractivity (Wildman–Crippen MR) is 473 cm³/mol. The van der Waals surface area contributed by atoms with Crippen LogP contribution in [0.3, 0.4) is 0 Å². The van der Waals surface area contributed by atoms with Gasteiger partial charge in [0.25, 0.3) is 0 Å². The molecule has 1 saturated heterocycles. The number of carbonyl (C=O) groups is 1. The van der Waals surface area contributed by atoms with Crippen molar-refractivity contribution >= 4 is 190 Å². The molecule has 4 aromatic carbocycles. The molecule has 0 atom stereocenters. The lowest BCUT2D eigenvalue weighted by Crippen LogP contribution is -2.44. The highest BCUT2D eigenvalue weighted by molar-refractivity contribution is 7.90. The third kappa shape index (κ3) is 24.9. The summed E-state index contributed by atoms with van der Waals surface area (Å²) in [5.41, 5.74) is 7.69. The minimum atomic E-state index is -3.90. The van der Waals surface area contributed by atoms with Gasteiger partial charge < -0.3 is 55.3 Å². The van der Waals surface area contributed by atoms with E-state index in [1.54, 1.807) is 47.8 Å². The van der Waals surface area contributed by atoms with Gasteiger partial charge in [0.1, 0.15) is 28.7 Å². The van der Waals surface area contributed by atoms with Gasteiger partial charge in [0, 0.05) is 49.2 Å². The topological polar surface area (TPSA) is 464 Å². The summed E-state index contributed by atoms with van der Waals surface area (Å²) in [4.78, 5) is 55.4. The molecule has 118 heavy (non-hydrogen) atoms. The molecule has 0 radical (unpaired) electrons. The number of carbonyl (C=O) groups excluding carboxylic acids is 1. The molecule has 32 nitrogen and oxygen atoms in total. The third-order valence-corrected chi connectivity index (χ3v) is 27.2. The van der Waals surface area contributed by atoms with Crippen LogP contribution in [-0.2, 0) is 44.9 Å². The van der Waals surface area contributed by atoms with Gasteiger partial charge in [0.2, 0.25) is 51.1 Å². The quantitative estimate of drug-likeness (QED) is 0.0243. The van der Waals surface area contributed by atoms with Crippen LogP contribution in [0.25, 0.3) is 42.3 Å². The fraction of sp³-hybridized carbons (Fsp3) is 0.329. The number of nitrogens with two attached hydrogens (primary N) is 4. The number of thiazole rings is 8. The summed E-state index contributed by atoms with van der Waals surface area (Å²) in [5, 5.41) is 46.8. The molecule has 12 aromatic rings. The van der Waals surface area contributed by atoms with Crippen LogP contribution < -0.4 is 71.0 Å². The summed E-state index contributed by atoms with van der Waals surface area (Å²) >= 11 is 10.9. The van der Waals surface area contributed by atoms with Crippen molar-refractivity contribution in [3.05, 3.63) is 127 Å².